The summed E-state index contributed by atoms with van der Waals surface area (Å²) in [6, 6.07) is 17.2. The van der Waals surface area contributed by atoms with Crippen molar-refractivity contribution in [3.05, 3.63) is 88.2 Å². The molecule has 1 saturated heterocycles. The van der Waals surface area contributed by atoms with E-state index in [0.717, 1.165) is 44.5 Å². The predicted octanol–water partition coefficient (Wildman–Crippen LogP) is 7.72. The lowest BCUT2D eigenvalue weighted by molar-refractivity contribution is -0.119. The summed E-state index contributed by atoms with van der Waals surface area (Å²) in [6.07, 6.45) is 4.37. The van der Waals surface area contributed by atoms with E-state index in [1.54, 1.807) is 18.2 Å². The normalized spacial score (nSPS) is 14.5. The van der Waals surface area contributed by atoms with Crippen LogP contribution in [0.2, 0.25) is 10.0 Å². The number of amides is 2. The van der Waals surface area contributed by atoms with Gasteiger partial charge in [0.15, 0.2) is 0 Å². The molecular weight excluding hydrogens is 727 g/mol. The van der Waals surface area contributed by atoms with Crippen molar-refractivity contribution in [3.63, 3.8) is 0 Å². The van der Waals surface area contributed by atoms with Crippen LogP contribution in [0.4, 0.5) is 4.79 Å². The van der Waals surface area contributed by atoms with Gasteiger partial charge in [-0.15, -0.1) is 0 Å². The lowest BCUT2D eigenvalue weighted by atomic mass is 9.99. The molecule has 2 aromatic carbocycles. The minimum Gasteiger partial charge on any atom is -0.496 e. The third-order valence-corrected chi connectivity index (χ3v) is 10.2. The molecule has 13 heteroatoms. The van der Waals surface area contributed by atoms with Crippen LogP contribution in [0.25, 0.3) is 44.7 Å². The highest BCUT2D eigenvalue weighted by Crippen LogP contribution is 2.42. The molecule has 1 aliphatic rings. The highest BCUT2D eigenvalue weighted by molar-refractivity contribution is 6.39. The molecule has 54 heavy (non-hydrogen) atoms. The topological polar surface area (TPSA) is 122 Å². The Bertz CT molecular complexity index is 2180. The number of likely N-dealkylation sites (N-methyl/N-ethyl adjacent to an activating group) is 1. The van der Waals surface area contributed by atoms with Crippen LogP contribution in [-0.4, -0.2) is 86.9 Å². The van der Waals surface area contributed by atoms with Gasteiger partial charge in [-0.25, -0.2) is 9.78 Å². The highest BCUT2D eigenvalue weighted by atomic mass is 35.5. The number of aromatic nitrogens is 3. The Hall–Kier alpha value is -4.68. The number of aliphatic hydroxyl groups is 1. The van der Waals surface area contributed by atoms with E-state index in [9.17, 15) is 14.7 Å². The number of rotatable bonds is 12. The molecule has 6 rings (SSSR count). The second-order valence-corrected chi connectivity index (χ2v) is 15.4. The van der Waals surface area contributed by atoms with Gasteiger partial charge in [0, 0.05) is 84.7 Å². The third kappa shape index (κ3) is 8.65. The second-order valence-electron chi connectivity index (χ2n) is 14.7. The van der Waals surface area contributed by atoms with Crippen LogP contribution in [0, 0.1) is 0 Å². The van der Waals surface area contributed by atoms with E-state index in [1.807, 2.05) is 88.0 Å². The monoisotopic (exact) mass is 772 g/mol. The van der Waals surface area contributed by atoms with Gasteiger partial charge < -0.3 is 29.4 Å². The predicted molar refractivity (Wildman–Crippen MR) is 213 cm³/mol. The number of carbonyl (C=O) groups excluding carboxylic acids is 2. The first-order valence-electron chi connectivity index (χ1n) is 17.9. The number of benzene rings is 2. The molecule has 5 aromatic rings. The number of pyridine rings is 2. The lowest BCUT2D eigenvalue weighted by Crippen LogP contribution is -2.43. The molecule has 284 valence electrons. The van der Waals surface area contributed by atoms with E-state index < -0.39 is 11.7 Å². The average molecular weight is 774 g/mol. The molecule has 11 nitrogen and oxygen atoms in total. The van der Waals surface area contributed by atoms with Gasteiger partial charge in [0.1, 0.15) is 17.0 Å². The van der Waals surface area contributed by atoms with Crippen molar-refractivity contribution in [1.82, 2.24) is 29.7 Å². The highest BCUT2D eigenvalue weighted by Gasteiger charge is 2.29. The van der Waals surface area contributed by atoms with Crippen molar-refractivity contribution in [2.45, 2.75) is 58.3 Å². The van der Waals surface area contributed by atoms with Crippen LogP contribution in [0.3, 0.4) is 0 Å². The van der Waals surface area contributed by atoms with Crippen LogP contribution in [-0.2, 0) is 29.7 Å². The lowest BCUT2D eigenvalue weighted by Gasteiger charge is -2.29. The van der Waals surface area contributed by atoms with Gasteiger partial charge in [0.05, 0.1) is 41.7 Å². The maximum absolute atomic E-state index is 13.3. The van der Waals surface area contributed by atoms with Gasteiger partial charge in [-0.1, -0.05) is 53.5 Å². The van der Waals surface area contributed by atoms with E-state index in [-0.39, 0.29) is 25.1 Å². The maximum atomic E-state index is 13.3. The summed E-state index contributed by atoms with van der Waals surface area (Å²) >= 11 is 14.3. The summed E-state index contributed by atoms with van der Waals surface area (Å²) in [5.41, 5.74) is 6.23. The van der Waals surface area contributed by atoms with E-state index in [1.165, 1.54) is 0 Å². The molecular formula is C41H46Cl2N6O5. The number of ether oxygens (including phenoxy) is 2. The zero-order valence-corrected chi connectivity index (χ0v) is 33.0. The first-order valence-corrected chi connectivity index (χ1v) is 18.6. The van der Waals surface area contributed by atoms with E-state index in [2.05, 4.69) is 27.5 Å². The van der Waals surface area contributed by atoms with Gasteiger partial charge in [-0.3, -0.25) is 14.7 Å². The summed E-state index contributed by atoms with van der Waals surface area (Å²) < 4.78 is 13.6. The molecule has 0 bridgehead atoms. The Morgan fingerprint density at radius 1 is 1.04 bits per heavy atom. The second kappa shape index (κ2) is 16.4. The molecule has 4 heterocycles. The Morgan fingerprint density at radius 2 is 1.80 bits per heavy atom. The summed E-state index contributed by atoms with van der Waals surface area (Å²) in [5.74, 6) is 0.523. The van der Waals surface area contributed by atoms with Gasteiger partial charge >= 0.3 is 6.09 Å². The molecule has 0 radical (unpaired) electrons. The van der Waals surface area contributed by atoms with Gasteiger partial charge in [-0.05, 0) is 64.1 Å². The molecule has 0 saturated carbocycles. The zero-order valence-electron chi connectivity index (χ0n) is 31.5. The Kier molecular flexibility index (Phi) is 11.8. The number of nitrogens with one attached hydrogen (secondary N) is 1. The van der Waals surface area contributed by atoms with Crippen molar-refractivity contribution >= 4 is 46.2 Å². The molecule has 1 aliphatic heterocycles. The molecule has 3 aromatic heterocycles. The number of hydrogen-bond acceptors (Lipinski definition) is 8. The fourth-order valence-electron chi connectivity index (χ4n) is 6.78. The van der Waals surface area contributed by atoms with Crippen LogP contribution >= 0.6 is 23.2 Å². The largest absolute Gasteiger partial charge is 0.496 e. The average Bonchev–Trinajstić information content (AvgIpc) is 3.68. The first kappa shape index (κ1) is 39.0. The quantitative estimate of drug-likeness (QED) is 0.132. The summed E-state index contributed by atoms with van der Waals surface area (Å²) in [4.78, 5) is 38.5. The summed E-state index contributed by atoms with van der Waals surface area (Å²) in [7, 11) is 5.53. The Labute approximate surface area is 325 Å². The molecule has 1 atom stereocenters. The zero-order chi connectivity index (χ0) is 38.7. The number of aliphatic hydroxyl groups excluding tert-OH is 1. The Balaban J connectivity index is 1.29. The van der Waals surface area contributed by atoms with Gasteiger partial charge in [0.2, 0.25) is 5.91 Å². The third-order valence-electron chi connectivity index (χ3n) is 9.38. The minimum absolute atomic E-state index is 0.0236. The van der Waals surface area contributed by atoms with Crippen molar-refractivity contribution in [1.29, 1.82) is 0 Å². The number of halogens is 2. The first-order chi connectivity index (χ1) is 25.8. The van der Waals surface area contributed by atoms with E-state index >= 15 is 0 Å². The van der Waals surface area contributed by atoms with Crippen molar-refractivity contribution in [2.75, 3.05) is 33.9 Å². The van der Waals surface area contributed by atoms with Crippen molar-refractivity contribution in [3.8, 4) is 39.4 Å². The van der Waals surface area contributed by atoms with Gasteiger partial charge in [0.25, 0.3) is 0 Å². The van der Waals surface area contributed by atoms with Crippen LogP contribution in [0.15, 0.2) is 67.0 Å². The molecule has 0 spiro atoms. The van der Waals surface area contributed by atoms with Crippen LogP contribution < -0.4 is 10.1 Å². The van der Waals surface area contributed by atoms with Crippen LogP contribution in [0.1, 0.15) is 44.7 Å². The van der Waals surface area contributed by atoms with Crippen LogP contribution in [0.5, 0.6) is 5.75 Å². The number of hydrogen-bond donors (Lipinski definition) is 2. The summed E-state index contributed by atoms with van der Waals surface area (Å²) in [6.45, 7) is 7.35. The fourth-order valence-corrected chi connectivity index (χ4v) is 7.43. The van der Waals surface area contributed by atoms with Crippen molar-refractivity contribution in [2.24, 2.45) is 7.05 Å². The molecule has 1 fully saturated rings. The smallest absolute Gasteiger partial charge is 0.410 e. The molecule has 0 aliphatic carbocycles. The standard InChI is InChI=1S/C41H46Cl2N6O5/c1-41(2,3)54-40(52)49(24-28-12-15-35(51)45-28)23-26-11-10-25(20-34(26)53-6)38-37(43)31(16-17-44-38)30-8-7-9-32(36(30)42)33-14-13-29-27(21-47(4)18-19-50)22-48(5)39(29)46-33/h7-11,13-14,16-17,20,22,28,50H,12,15,18-19,21,23-24H2,1-6H3,(H,45,51)/t28-/m0/s1. The fraction of sp³-hybridized carbons (Fsp3) is 0.366. The number of nitrogens with zero attached hydrogens (tertiary/aromatic N) is 5. The van der Waals surface area contributed by atoms with E-state index in [0.29, 0.717) is 59.5 Å². The van der Waals surface area contributed by atoms with Crippen molar-refractivity contribution < 1.29 is 24.2 Å². The molecule has 2 N–H and O–H groups in total. The number of carbonyl (C=O) groups is 2. The number of aryl methyl sites for hydroxylation is 1. The van der Waals surface area contributed by atoms with Gasteiger partial charge in [-0.2, -0.15) is 0 Å². The number of methoxy groups -OCH3 is 1. The number of fused-ring (bicyclic) bond motifs is 1. The van der Waals surface area contributed by atoms with E-state index in [4.69, 9.17) is 37.7 Å². The molecule has 0 unspecified atom stereocenters. The summed E-state index contributed by atoms with van der Waals surface area (Å²) in [5, 5.41) is 14.3. The minimum atomic E-state index is -0.688. The maximum Gasteiger partial charge on any atom is 0.410 e. The SMILES string of the molecule is COc1cc(-c2nccc(-c3cccc(-c4ccc5c(CN(C)CCO)cn(C)c5n4)c3Cl)c2Cl)ccc1CN(C[C@@H]1CCC(=O)N1)C(=O)OC(C)(C)C. The Morgan fingerprint density at radius 3 is 2.50 bits per heavy atom. The molecule has 2 amide bonds.